The third-order valence-electron chi connectivity index (χ3n) is 2.53. The fourth-order valence-corrected chi connectivity index (χ4v) is 1.66. The summed E-state index contributed by atoms with van der Waals surface area (Å²) in [5, 5.41) is 8.22. The first-order valence-corrected chi connectivity index (χ1v) is 5.12. The summed E-state index contributed by atoms with van der Waals surface area (Å²) in [6.45, 7) is 7.00. The van der Waals surface area contributed by atoms with Gasteiger partial charge in [-0.15, -0.1) is 10.2 Å². The Labute approximate surface area is 85.5 Å². The molecule has 0 amide bonds. The molecule has 2 N–H and O–H groups in total. The molecular weight excluding hydrogens is 176 g/mol. The van der Waals surface area contributed by atoms with E-state index in [-0.39, 0.29) is 0 Å². The second kappa shape index (κ2) is 4.55. The zero-order valence-electron chi connectivity index (χ0n) is 9.49. The molecule has 1 heterocycles. The molecule has 0 bridgehead atoms. The van der Waals surface area contributed by atoms with Crippen molar-refractivity contribution in [3.8, 4) is 0 Å². The van der Waals surface area contributed by atoms with Gasteiger partial charge in [0.1, 0.15) is 11.6 Å². The lowest BCUT2D eigenvalue weighted by molar-refractivity contribution is 0.477. The van der Waals surface area contributed by atoms with E-state index in [0.29, 0.717) is 18.4 Å². The molecule has 1 rings (SSSR count). The lowest BCUT2D eigenvalue weighted by Crippen LogP contribution is -2.18. The van der Waals surface area contributed by atoms with Crippen molar-refractivity contribution in [2.75, 3.05) is 6.54 Å². The first-order chi connectivity index (χ1) is 6.56. The molecule has 0 aliphatic carbocycles. The van der Waals surface area contributed by atoms with Crippen LogP contribution in [-0.2, 0) is 7.05 Å². The lowest BCUT2D eigenvalue weighted by atomic mass is 9.96. The summed E-state index contributed by atoms with van der Waals surface area (Å²) in [4.78, 5) is 0. The maximum Gasteiger partial charge on any atom is 0.137 e. The second-order valence-electron chi connectivity index (χ2n) is 4.23. The number of hydrogen-bond acceptors (Lipinski definition) is 3. The smallest absolute Gasteiger partial charge is 0.137 e. The van der Waals surface area contributed by atoms with Crippen molar-refractivity contribution in [3.05, 3.63) is 11.6 Å². The molecule has 4 heteroatoms. The maximum absolute atomic E-state index is 5.75. The van der Waals surface area contributed by atoms with Gasteiger partial charge in [0.2, 0.25) is 0 Å². The van der Waals surface area contributed by atoms with Crippen LogP contribution in [0.3, 0.4) is 0 Å². The largest absolute Gasteiger partial charge is 0.330 e. The molecule has 0 aliphatic heterocycles. The highest BCUT2D eigenvalue weighted by molar-refractivity contribution is 5.01. The van der Waals surface area contributed by atoms with Gasteiger partial charge in [-0.3, -0.25) is 0 Å². The van der Waals surface area contributed by atoms with Crippen LogP contribution in [0.15, 0.2) is 0 Å². The first-order valence-electron chi connectivity index (χ1n) is 5.12. The van der Waals surface area contributed by atoms with Gasteiger partial charge < -0.3 is 10.3 Å². The molecule has 0 aliphatic rings. The number of rotatable bonds is 4. The fraction of sp³-hybridized carbons (Fsp3) is 0.800. The van der Waals surface area contributed by atoms with Crippen molar-refractivity contribution in [1.29, 1.82) is 0 Å². The third kappa shape index (κ3) is 2.32. The average molecular weight is 196 g/mol. The van der Waals surface area contributed by atoms with Gasteiger partial charge in [0.15, 0.2) is 0 Å². The molecular formula is C10H20N4. The molecule has 0 saturated carbocycles. The van der Waals surface area contributed by atoms with Gasteiger partial charge in [-0.05, 0) is 19.3 Å². The molecule has 4 nitrogen and oxygen atoms in total. The van der Waals surface area contributed by atoms with Gasteiger partial charge in [-0.1, -0.05) is 13.8 Å². The number of nitrogens with zero attached hydrogens (tertiary/aromatic N) is 3. The number of nitrogens with two attached hydrogens (primary N) is 1. The highest BCUT2D eigenvalue weighted by Gasteiger charge is 2.17. The average Bonchev–Trinajstić information content (AvgIpc) is 2.44. The second-order valence-corrected chi connectivity index (χ2v) is 4.23. The molecule has 0 spiro atoms. The summed E-state index contributed by atoms with van der Waals surface area (Å²) >= 11 is 0. The minimum absolute atomic E-state index is 0.334. The number of aryl methyl sites for hydroxylation is 1. The summed E-state index contributed by atoms with van der Waals surface area (Å²) < 4.78 is 2.03. The highest BCUT2D eigenvalue weighted by Crippen LogP contribution is 2.20. The van der Waals surface area contributed by atoms with Gasteiger partial charge in [0, 0.05) is 19.5 Å². The van der Waals surface area contributed by atoms with E-state index in [1.54, 1.807) is 0 Å². The fourth-order valence-electron chi connectivity index (χ4n) is 1.66. The van der Waals surface area contributed by atoms with Crippen LogP contribution in [0.2, 0.25) is 0 Å². The predicted octanol–water partition coefficient (Wildman–Crippen LogP) is 1.21. The van der Waals surface area contributed by atoms with Crippen LogP contribution < -0.4 is 5.73 Å². The summed E-state index contributed by atoms with van der Waals surface area (Å²) in [5.41, 5.74) is 5.75. The van der Waals surface area contributed by atoms with Crippen LogP contribution in [-0.4, -0.2) is 21.3 Å². The van der Waals surface area contributed by atoms with E-state index in [1.165, 1.54) is 0 Å². The van der Waals surface area contributed by atoms with E-state index in [0.717, 1.165) is 18.1 Å². The van der Waals surface area contributed by atoms with Crippen molar-refractivity contribution in [2.24, 2.45) is 18.7 Å². The molecule has 14 heavy (non-hydrogen) atoms. The first kappa shape index (κ1) is 11.2. The van der Waals surface area contributed by atoms with E-state index in [4.69, 9.17) is 5.73 Å². The minimum atomic E-state index is 0.334. The van der Waals surface area contributed by atoms with Crippen LogP contribution in [0.1, 0.15) is 37.8 Å². The molecule has 0 saturated heterocycles. The molecule has 0 fully saturated rings. The SMILES string of the molecule is Cc1nnc(C(CN)CC(C)C)n1C. The van der Waals surface area contributed by atoms with Crippen molar-refractivity contribution in [3.63, 3.8) is 0 Å². The predicted molar refractivity (Wildman–Crippen MR) is 57.0 cm³/mol. The quantitative estimate of drug-likeness (QED) is 0.787. The molecule has 1 atom stereocenters. The highest BCUT2D eigenvalue weighted by atomic mass is 15.3. The Kier molecular flexibility index (Phi) is 3.63. The van der Waals surface area contributed by atoms with Gasteiger partial charge >= 0.3 is 0 Å². The lowest BCUT2D eigenvalue weighted by Gasteiger charge is -2.16. The van der Waals surface area contributed by atoms with Gasteiger partial charge in [-0.2, -0.15) is 0 Å². The third-order valence-corrected chi connectivity index (χ3v) is 2.53. The van der Waals surface area contributed by atoms with Crippen LogP contribution in [0.4, 0.5) is 0 Å². The number of aromatic nitrogens is 3. The normalized spacial score (nSPS) is 13.6. The minimum Gasteiger partial charge on any atom is -0.330 e. The van der Waals surface area contributed by atoms with Crippen LogP contribution in [0.5, 0.6) is 0 Å². The summed E-state index contributed by atoms with van der Waals surface area (Å²) in [7, 11) is 1.99. The van der Waals surface area contributed by atoms with Crippen molar-refractivity contribution in [2.45, 2.75) is 33.1 Å². The topological polar surface area (TPSA) is 56.7 Å². The van der Waals surface area contributed by atoms with E-state index < -0.39 is 0 Å². The van der Waals surface area contributed by atoms with Crippen molar-refractivity contribution >= 4 is 0 Å². The molecule has 80 valence electrons. The molecule has 0 aromatic carbocycles. The van der Waals surface area contributed by atoms with Gasteiger partial charge in [-0.25, -0.2) is 0 Å². The molecule has 1 unspecified atom stereocenters. The Morgan fingerprint density at radius 2 is 2.00 bits per heavy atom. The zero-order chi connectivity index (χ0) is 10.7. The molecule has 0 radical (unpaired) electrons. The Morgan fingerprint density at radius 3 is 2.36 bits per heavy atom. The summed E-state index contributed by atoms with van der Waals surface area (Å²) in [5.74, 6) is 2.93. The maximum atomic E-state index is 5.75. The molecule has 1 aromatic heterocycles. The Balaban J connectivity index is 2.84. The van der Waals surface area contributed by atoms with Crippen molar-refractivity contribution in [1.82, 2.24) is 14.8 Å². The van der Waals surface area contributed by atoms with Crippen LogP contribution in [0.25, 0.3) is 0 Å². The number of hydrogen-bond donors (Lipinski definition) is 1. The van der Waals surface area contributed by atoms with Gasteiger partial charge in [0.25, 0.3) is 0 Å². The monoisotopic (exact) mass is 196 g/mol. The Hall–Kier alpha value is -0.900. The van der Waals surface area contributed by atoms with Crippen LogP contribution >= 0.6 is 0 Å². The van der Waals surface area contributed by atoms with E-state index in [1.807, 2.05) is 18.5 Å². The van der Waals surface area contributed by atoms with Gasteiger partial charge in [0.05, 0.1) is 0 Å². The van der Waals surface area contributed by atoms with Crippen LogP contribution in [0, 0.1) is 12.8 Å². The van der Waals surface area contributed by atoms with Crippen molar-refractivity contribution < 1.29 is 0 Å². The van der Waals surface area contributed by atoms with E-state index in [2.05, 4.69) is 24.0 Å². The Bertz CT molecular complexity index is 290. The van der Waals surface area contributed by atoms with E-state index >= 15 is 0 Å². The standard InChI is InChI=1S/C10H20N4/c1-7(2)5-9(6-11)10-13-12-8(3)14(10)4/h7,9H,5-6,11H2,1-4H3. The molecule has 1 aromatic rings. The summed E-state index contributed by atoms with van der Waals surface area (Å²) in [6, 6.07) is 0. The Morgan fingerprint density at radius 1 is 1.36 bits per heavy atom. The zero-order valence-corrected chi connectivity index (χ0v) is 9.49. The summed E-state index contributed by atoms with van der Waals surface area (Å²) in [6.07, 6.45) is 1.07. The van der Waals surface area contributed by atoms with E-state index in [9.17, 15) is 0 Å².